The average molecular weight is 356 g/mol. The van der Waals surface area contributed by atoms with Crippen molar-refractivity contribution in [3.05, 3.63) is 0 Å². The van der Waals surface area contributed by atoms with E-state index in [1.807, 2.05) is 13.8 Å². The number of azo groups is 1. The minimum absolute atomic E-state index is 0.219. The van der Waals surface area contributed by atoms with Gasteiger partial charge in [-0.15, -0.1) is 0 Å². The van der Waals surface area contributed by atoms with Crippen LogP contribution in [-0.4, -0.2) is 29.3 Å². The quantitative estimate of drug-likeness (QED) is 0.318. The highest BCUT2D eigenvalue weighted by Crippen LogP contribution is 2.21. The Balaban J connectivity index is 2.13. The first-order valence-electron chi connectivity index (χ1n) is 9.15. The first kappa shape index (κ1) is 20.8. The zero-order chi connectivity index (χ0) is 17.8. The van der Waals surface area contributed by atoms with E-state index in [2.05, 4.69) is 20.9 Å². The van der Waals surface area contributed by atoms with Crippen molar-refractivity contribution in [2.45, 2.75) is 89.8 Å². The van der Waals surface area contributed by atoms with Crippen molar-refractivity contribution in [1.29, 1.82) is 0 Å². The summed E-state index contributed by atoms with van der Waals surface area (Å²) in [6.07, 6.45) is 10.6. The highest BCUT2D eigenvalue weighted by atomic mass is 32.1. The van der Waals surface area contributed by atoms with E-state index in [9.17, 15) is 4.79 Å². The number of amides is 1. The summed E-state index contributed by atoms with van der Waals surface area (Å²) in [5, 5.41) is 16.0. The fourth-order valence-electron chi connectivity index (χ4n) is 2.75. The number of hydrogen-bond acceptors (Lipinski definition) is 4. The molecule has 1 aliphatic rings. The van der Waals surface area contributed by atoms with Crippen molar-refractivity contribution in [3.63, 3.8) is 0 Å². The lowest BCUT2D eigenvalue weighted by molar-refractivity contribution is -0.118. The summed E-state index contributed by atoms with van der Waals surface area (Å²) >= 11 is 5.32. The Morgan fingerprint density at radius 3 is 2.50 bits per heavy atom. The molecule has 1 amide bonds. The van der Waals surface area contributed by atoms with Crippen LogP contribution in [0.2, 0.25) is 0 Å². The third-order valence-corrected chi connectivity index (χ3v) is 4.35. The van der Waals surface area contributed by atoms with Crippen LogP contribution in [0.5, 0.6) is 0 Å². The summed E-state index contributed by atoms with van der Waals surface area (Å²) in [5.41, 5.74) is 4.63. The number of unbranched alkanes of at least 4 members (excludes halogenated alkanes) is 3. The predicted molar refractivity (Wildman–Crippen MR) is 102 cm³/mol. The molecule has 0 aromatic carbocycles. The van der Waals surface area contributed by atoms with Crippen molar-refractivity contribution < 1.29 is 4.79 Å². The van der Waals surface area contributed by atoms with Gasteiger partial charge in [-0.25, -0.2) is 0 Å². The number of nitrogens with one attached hydrogen (secondary N) is 2. The van der Waals surface area contributed by atoms with Gasteiger partial charge in [0.2, 0.25) is 5.91 Å². The molecular formula is C17H33N5OS. The number of rotatable bonds is 10. The van der Waals surface area contributed by atoms with Crippen molar-refractivity contribution in [1.82, 2.24) is 10.6 Å². The third kappa shape index (κ3) is 10.5. The molecule has 0 atom stereocenters. The SMILES string of the molecule is CC(C)(/N=N/C1CCCCC1)NC(=S)NCCCCCCC(N)=O. The Morgan fingerprint density at radius 2 is 1.83 bits per heavy atom. The van der Waals surface area contributed by atoms with Crippen LogP contribution in [0.15, 0.2) is 10.2 Å². The van der Waals surface area contributed by atoms with Gasteiger partial charge in [-0.05, 0) is 51.7 Å². The van der Waals surface area contributed by atoms with Crippen molar-refractivity contribution >= 4 is 23.2 Å². The summed E-state index contributed by atoms with van der Waals surface area (Å²) in [5.74, 6) is -0.219. The summed E-state index contributed by atoms with van der Waals surface area (Å²) < 4.78 is 0. The second kappa shape index (κ2) is 11.3. The average Bonchev–Trinajstić information content (AvgIpc) is 2.52. The Morgan fingerprint density at radius 1 is 1.17 bits per heavy atom. The van der Waals surface area contributed by atoms with Crippen molar-refractivity contribution in [3.8, 4) is 0 Å². The summed E-state index contributed by atoms with van der Waals surface area (Å²) in [4.78, 5) is 10.6. The first-order chi connectivity index (χ1) is 11.4. The second-order valence-corrected chi connectivity index (χ2v) is 7.49. The number of thiocarbonyl (C=S) groups is 1. The molecule has 0 aromatic rings. The van der Waals surface area contributed by atoms with Gasteiger partial charge in [0.1, 0.15) is 5.66 Å². The van der Waals surface area contributed by atoms with Gasteiger partial charge >= 0.3 is 0 Å². The number of hydrogen-bond donors (Lipinski definition) is 3. The molecule has 1 aliphatic carbocycles. The van der Waals surface area contributed by atoms with E-state index in [0.717, 1.165) is 45.1 Å². The molecule has 0 unspecified atom stereocenters. The van der Waals surface area contributed by atoms with Crippen LogP contribution in [0.1, 0.15) is 78.1 Å². The molecule has 1 saturated carbocycles. The Bertz CT molecular complexity index is 419. The fraction of sp³-hybridized carbons (Fsp3) is 0.882. The summed E-state index contributed by atoms with van der Waals surface area (Å²) in [6.45, 7) is 4.78. The molecule has 138 valence electrons. The highest BCUT2D eigenvalue weighted by Gasteiger charge is 2.19. The van der Waals surface area contributed by atoms with Gasteiger partial charge in [0.05, 0.1) is 6.04 Å². The van der Waals surface area contributed by atoms with Crippen molar-refractivity contribution in [2.75, 3.05) is 6.54 Å². The van der Waals surface area contributed by atoms with Crippen molar-refractivity contribution in [2.24, 2.45) is 16.0 Å². The molecule has 1 fully saturated rings. The second-order valence-electron chi connectivity index (χ2n) is 7.08. The van der Waals surface area contributed by atoms with Gasteiger partial charge in [-0.3, -0.25) is 4.79 Å². The van der Waals surface area contributed by atoms with Crippen LogP contribution >= 0.6 is 12.2 Å². The normalized spacial score (nSPS) is 16.2. The van der Waals surface area contributed by atoms with Crippen LogP contribution in [0.3, 0.4) is 0 Å². The molecule has 7 heteroatoms. The summed E-state index contributed by atoms with van der Waals surface area (Å²) in [6, 6.07) is 0.377. The topological polar surface area (TPSA) is 91.9 Å². The third-order valence-electron chi connectivity index (χ3n) is 4.10. The lowest BCUT2D eigenvalue weighted by atomic mass is 9.96. The van der Waals surface area contributed by atoms with E-state index in [1.54, 1.807) is 0 Å². The van der Waals surface area contributed by atoms with E-state index < -0.39 is 5.66 Å². The molecule has 0 aliphatic heterocycles. The molecule has 0 heterocycles. The Hall–Kier alpha value is -1.24. The maximum atomic E-state index is 10.6. The maximum absolute atomic E-state index is 10.6. The van der Waals surface area contributed by atoms with Gasteiger partial charge in [-0.1, -0.05) is 32.1 Å². The molecule has 24 heavy (non-hydrogen) atoms. The molecule has 0 bridgehead atoms. The molecule has 6 nitrogen and oxygen atoms in total. The number of nitrogens with two attached hydrogens (primary N) is 1. The number of carbonyl (C=O) groups excluding carboxylic acids is 1. The summed E-state index contributed by atoms with van der Waals surface area (Å²) in [7, 11) is 0. The molecule has 1 rings (SSSR count). The van der Waals surface area contributed by atoms with Gasteiger partial charge in [0.15, 0.2) is 5.11 Å². The maximum Gasteiger partial charge on any atom is 0.217 e. The van der Waals surface area contributed by atoms with Gasteiger partial charge in [0, 0.05) is 13.0 Å². The van der Waals surface area contributed by atoms with Crippen LogP contribution in [0.25, 0.3) is 0 Å². The smallest absolute Gasteiger partial charge is 0.217 e. The van der Waals surface area contributed by atoms with Gasteiger partial charge < -0.3 is 16.4 Å². The van der Waals surface area contributed by atoms with E-state index in [4.69, 9.17) is 18.0 Å². The Kier molecular flexibility index (Phi) is 9.83. The standard InChI is InChI=1S/C17H33N5OS/c1-17(2,22-21-14-10-6-5-7-11-14)20-16(24)19-13-9-4-3-8-12-15(18)23/h14H,3-13H2,1-2H3,(H2,18,23)(H2,19,20,24)/b22-21+. The molecule has 4 N–H and O–H groups in total. The largest absolute Gasteiger partial charge is 0.370 e. The van der Waals surface area contributed by atoms with Gasteiger partial charge in [-0.2, -0.15) is 10.2 Å². The first-order valence-corrected chi connectivity index (χ1v) is 9.56. The minimum Gasteiger partial charge on any atom is -0.370 e. The van der Waals surface area contributed by atoms with E-state index in [-0.39, 0.29) is 5.91 Å². The zero-order valence-corrected chi connectivity index (χ0v) is 16.0. The monoisotopic (exact) mass is 355 g/mol. The molecule has 0 spiro atoms. The van der Waals surface area contributed by atoms with E-state index >= 15 is 0 Å². The minimum atomic E-state index is -0.483. The van der Waals surface area contributed by atoms with Crippen LogP contribution in [0, 0.1) is 0 Å². The van der Waals surface area contributed by atoms with E-state index in [1.165, 1.54) is 19.3 Å². The number of primary amides is 1. The van der Waals surface area contributed by atoms with Crippen LogP contribution in [-0.2, 0) is 4.79 Å². The Labute approximate surface area is 151 Å². The predicted octanol–water partition coefficient (Wildman–Crippen LogP) is 3.41. The lowest BCUT2D eigenvalue weighted by Crippen LogP contribution is -2.47. The number of carbonyl (C=O) groups is 1. The fourth-order valence-corrected chi connectivity index (χ4v) is 3.10. The van der Waals surface area contributed by atoms with Gasteiger partial charge in [0.25, 0.3) is 0 Å². The van der Waals surface area contributed by atoms with Crippen LogP contribution in [0.4, 0.5) is 0 Å². The molecular weight excluding hydrogens is 322 g/mol. The lowest BCUT2D eigenvalue weighted by Gasteiger charge is -2.24. The highest BCUT2D eigenvalue weighted by molar-refractivity contribution is 7.80. The van der Waals surface area contributed by atoms with Crippen LogP contribution < -0.4 is 16.4 Å². The van der Waals surface area contributed by atoms with E-state index in [0.29, 0.717) is 17.6 Å². The zero-order valence-electron chi connectivity index (χ0n) is 15.1. The molecule has 0 aromatic heterocycles. The molecule has 0 radical (unpaired) electrons. The molecule has 0 saturated heterocycles. The number of nitrogens with zero attached hydrogens (tertiary/aromatic N) is 2.